The monoisotopic (exact) mass is 207 g/mol. The lowest BCUT2D eigenvalue weighted by Gasteiger charge is -2.03. The molecule has 1 saturated heterocycles. The second kappa shape index (κ2) is 3.43. The molecular weight excluding hydrogens is 198 g/mol. The van der Waals surface area contributed by atoms with Gasteiger partial charge in [0.25, 0.3) is 5.69 Å². The zero-order valence-corrected chi connectivity index (χ0v) is 8.10. The Morgan fingerprint density at radius 1 is 1.60 bits per heavy atom. The Labute approximate surface area is 85.8 Å². The van der Waals surface area contributed by atoms with Crippen LogP contribution in [0.5, 0.6) is 0 Å². The summed E-state index contributed by atoms with van der Waals surface area (Å²) in [4.78, 5) is 21.3. The molecule has 0 bridgehead atoms. The Balaban J connectivity index is 2.48. The number of carbonyl (C=O) groups excluding carboxylic acids is 1. The van der Waals surface area contributed by atoms with Crippen molar-refractivity contribution in [3.8, 4) is 0 Å². The van der Waals surface area contributed by atoms with Gasteiger partial charge in [-0.05, 0) is 18.6 Å². The molecule has 0 saturated carbocycles. The minimum absolute atomic E-state index is 0.0651. The van der Waals surface area contributed by atoms with Crippen LogP contribution in [0.2, 0.25) is 0 Å². The van der Waals surface area contributed by atoms with Gasteiger partial charge in [0.05, 0.1) is 11.5 Å². The van der Waals surface area contributed by atoms with Gasteiger partial charge in [-0.3, -0.25) is 14.9 Å². The number of ketones is 1. The molecular formula is C10H9NO4. The highest BCUT2D eigenvalue weighted by Gasteiger charge is 2.29. The zero-order chi connectivity index (χ0) is 11.0. The summed E-state index contributed by atoms with van der Waals surface area (Å²) in [5.41, 5.74) is 1.06. The van der Waals surface area contributed by atoms with E-state index in [1.54, 1.807) is 6.07 Å². The van der Waals surface area contributed by atoms with Crippen LogP contribution in [0, 0.1) is 10.1 Å². The number of hydrogen-bond acceptors (Lipinski definition) is 4. The number of nitro groups is 1. The van der Waals surface area contributed by atoms with E-state index in [9.17, 15) is 14.9 Å². The van der Waals surface area contributed by atoms with Crippen molar-refractivity contribution in [3.05, 3.63) is 39.4 Å². The first-order valence-corrected chi connectivity index (χ1v) is 4.50. The molecule has 1 fully saturated rings. The molecule has 0 amide bonds. The van der Waals surface area contributed by atoms with Crippen LogP contribution in [0.15, 0.2) is 18.2 Å². The number of nitrogens with zero attached hydrogens (tertiary/aromatic N) is 1. The van der Waals surface area contributed by atoms with Gasteiger partial charge in [0.1, 0.15) is 6.10 Å². The number of nitro benzene ring substituents is 1. The molecule has 0 N–H and O–H groups in total. The fraction of sp³-hybridized carbons (Fsp3) is 0.300. The zero-order valence-electron chi connectivity index (χ0n) is 8.10. The molecule has 0 unspecified atom stereocenters. The van der Waals surface area contributed by atoms with Crippen molar-refractivity contribution in [2.45, 2.75) is 13.0 Å². The largest absolute Gasteiger partial charge is 0.368 e. The Kier molecular flexibility index (Phi) is 2.24. The van der Waals surface area contributed by atoms with Crippen LogP contribution in [-0.4, -0.2) is 17.3 Å². The molecule has 1 aromatic rings. The summed E-state index contributed by atoms with van der Waals surface area (Å²) in [6.07, 6.45) is -0.0651. The van der Waals surface area contributed by atoms with Crippen molar-refractivity contribution in [1.82, 2.24) is 0 Å². The average Bonchev–Trinajstić information content (AvgIpc) is 2.99. The molecule has 1 aromatic carbocycles. The molecule has 78 valence electrons. The van der Waals surface area contributed by atoms with E-state index in [0.29, 0.717) is 12.2 Å². The highest BCUT2D eigenvalue weighted by molar-refractivity contribution is 5.96. The highest BCUT2D eigenvalue weighted by atomic mass is 16.6. The quantitative estimate of drug-likeness (QED) is 0.328. The van der Waals surface area contributed by atoms with Crippen molar-refractivity contribution in [2.75, 3.05) is 6.61 Å². The van der Waals surface area contributed by atoms with E-state index in [-0.39, 0.29) is 17.6 Å². The van der Waals surface area contributed by atoms with E-state index in [4.69, 9.17) is 4.74 Å². The lowest BCUT2D eigenvalue weighted by Crippen LogP contribution is -2.00. The molecule has 0 radical (unpaired) electrons. The Morgan fingerprint density at radius 2 is 2.27 bits per heavy atom. The van der Waals surface area contributed by atoms with Crippen molar-refractivity contribution >= 4 is 11.5 Å². The number of carbonyl (C=O) groups is 1. The summed E-state index contributed by atoms with van der Waals surface area (Å²) in [6.45, 7) is 1.98. The third kappa shape index (κ3) is 1.87. The number of benzene rings is 1. The Morgan fingerprint density at radius 3 is 2.73 bits per heavy atom. The first-order chi connectivity index (χ1) is 7.09. The summed E-state index contributed by atoms with van der Waals surface area (Å²) in [7, 11) is 0. The maximum absolute atomic E-state index is 11.3. The molecule has 0 spiro atoms. The van der Waals surface area contributed by atoms with E-state index in [1.165, 1.54) is 19.1 Å². The molecule has 1 heterocycles. The number of Topliss-reactive ketones (excluding diaryl/α,β-unsaturated/α-hetero) is 1. The lowest BCUT2D eigenvalue weighted by atomic mass is 10.0. The molecule has 5 heteroatoms. The van der Waals surface area contributed by atoms with Crippen molar-refractivity contribution in [2.24, 2.45) is 0 Å². The third-order valence-corrected chi connectivity index (χ3v) is 2.31. The van der Waals surface area contributed by atoms with Crippen LogP contribution < -0.4 is 0 Å². The predicted octanol–water partition coefficient (Wildman–Crippen LogP) is 1.87. The van der Waals surface area contributed by atoms with Crippen molar-refractivity contribution < 1.29 is 14.5 Å². The summed E-state index contributed by atoms with van der Waals surface area (Å²) in [5.74, 6) is -0.177. The molecule has 1 aliphatic heterocycles. The van der Waals surface area contributed by atoms with E-state index in [1.807, 2.05) is 0 Å². The molecule has 1 aliphatic rings. The molecule has 1 atom stereocenters. The van der Waals surface area contributed by atoms with Crippen molar-refractivity contribution in [1.29, 1.82) is 0 Å². The van der Waals surface area contributed by atoms with Gasteiger partial charge in [-0.15, -0.1) is 0 Å². The number of hydrogen-bond donors (Lipinski definition) is 0. The van der Waals surface area contributed by atoms with Gasteiger partial charge in [-0.25, -0.2) is 0 Å². The van der Waals surface area contributed by atoms with Gasteiger partial charge < -0.3 is 4.74 Å². The normalized spacial score (nSPS) is 18.6. The molecule has 15 heavy (non-hydrogen) atoms. The van der Waals surface area contributed by atoms with E-state index in [0.717, 1.165) is 5.56 Å². The average molecular weight is 207 g/mol. The van der Waals surface area contributed by atoms with Gasteiger partial charge in [-0.2, -0.15) is 0 Å². The van der Waals surface area contributed by atoms with Crippen LogP contribution >= 0.6 is 0 Å². The molecule has 2 rings (SSSR count). The standard InChI is InChI=1S/C10H9NO4/c1-6(12)9-4-7(11(13)14)2-3-8(9)10-5-15-10/h2-4,10H,5H2,1H3/t10-/m1/s1. The molecule has 0 aromatic heterocycles. The minimum atomic E-state index is -0.510. The fourth-order valence-corrected chi connectivity index (χ4v) is 1.47. The van der Waals surface area contributed by atoms with Gasteiger partial charge in [0.2, 0.25) is 0 Å². The summed E-state index contributed by atoms with van der Waals surface area (Å²) >= 11 is 0. The van der Waals surface area contributed by atoms with Gasteiger partial charge in [0, 0.05) is 17.7 Å². The second-order valence-electron chi connectivity index (χ2n) is 3.41. The Bertz CT molecular complexity index is 437. The Hall–Kier alpha value is -1.75. The third-order valence-electron chi connectivity index (χ3n) is 2.31. The first kappa shape index (κ1) is 9.79. The summed E-state index contributed by atoms with van der Waals surface area (Å²) < 4.78 is 5.06. The predicted molar refractivity (Wildman–Crippen MR) is 51.8 cm³/mol. The van der Waals surface area contributed by atoms with Crippen LogP contribution in [0.3, 0.4) is 0 Å². The summed E-state index contributed by atoms with van der Waals surface area (Å²) in [6, 6.07) is 4.29. The minimum Gasteiger partial charge on any atom is -0.368 e. The molecule has 5 nitrogen and oxygen atoms in total. The van der Waals surface area contributed by atoms with Gasteiger partial charge in [-0.1, -0.05) is 0 Å². The molecule has 0 aliphatic carbocycles. The SMILES string of the molecule is CC(=O)c1cc([N+](=O)[O-])ccc1[C@H]1CO1. The number of ether oxygens (including phenoxy) is 1. The van der Waals surface area contributed by atoms with E-state index >= 15 is 0 Å². The maximum atomic E-state index is 11.3. The number of epoxide rings is 1. The van der Waals surface area contributed by atoms with Crippen LogP contribution in [0.1, 0.15) is 28.9 Å². The lowest BCUT2D eigenvalue weighted by molar-refractivity contribution is -0.384. The number of non-ortho nitro benzene ring substituents is 1. The highest BCUT2D eigenvalue weighted by Crippen LogP contribution is 2.34. The van der Waals surface area contributed by atoms with Gasteiger partial charge in [0.15, 0.2) is 5.78 Å². The van der Waals surface area contributed by atoms with Gasteiger partial charge >= 0.3 is 0 Å². The second-order valence-corrected chi connectivity index (χ2v) is 3.41. The fourth-order valence-electron chi connectivity index (χ4n) is 1.47. The van der Waals surface area contributed by atoms with Crippen LogP contribution in [0.25, 0.3) is 0 Å². The van der Waals surface area contributed by atoms with Crippen LogP contribution in [0.4, 0.5) is 5.69 Å². The van der Waals surface area contributed by atoms with Crippen molar-refractivity contribution in [3.63, 3.8) is 0 Å². The topological polar surface area (TPSA) is 72.7 Å². The number of rotatable bonds is 3. The first-order valence-electron chi connectivity index (χ1n) is 4.50. The van der Waals surface area contributed by atoms with E-state index < -0.39 is 4.92 Å². The van der Waals surface area contributed by atoms with Crippen LogP contribution in [-0.2, 0) is 4.74 Å². The summed E-state index contributed by atoms with van der Waals surface area (Å²) in [5, 5.41) is 10.5. The smallest absolute Gasteiger partial charge is 0.270 e. The van der Waals surface area contributed by atoms with E-state index in [2.05, 4.69) is 0 Å². The maximum Gasteiger partial charge on any atom is 0.270 e.